The van der Waals surface area contributed by atoms with Crippen LogP contribution in [0.5, 0.6) is 11.5 Å². The number of benzene rings is 2. The molecule has 0 aliphatic carbocycles. The van der Waals surface area contributed by atoms with E-state index in [4.69, 9.17) is 25.8 Å². The summed E-state index contributed by atoms with van der Waals surface area (Å²) in [7, 11) is 2.93. The summed E-state index contributed by atoms with van der Waals surface area (Å²) in [6.45, 7) is 0.239. The SMILES string of the molecule is COCCNC(=O)C(=O)N/N=C\c1ccc(OCC(=O)Nc2ccccc2Cl)c(OC)c1. The molecule has 11 heteroatoms. The second-order valence-corrected chi connectivity index (χ2v) is 6.58. The zero-order valence-electron chi connectivity index (χ0n) is 17.5. The molecule has 2 aromatic carbocycles. The third-order valence-electron chi connectivity index (χ3n) is 3.87. The van der Waals surface area contributed by atoms with Gasteiger partial charge in [-0.3, -0.25) is 14.4 Å². The topological polar surface area (TPSA) is 127 Å². The van der Waals surface area contributed by atoms with Gasteiger partial charge in [0.05, 0.1) is 30.6 Å². The Hall–Kier alpha value is -3.63. The van der Waals surface area contributed by atoms with E-state index < -0.39 is 17.7 Å². The number of amides is 3. The van der Waals surface area contributed by atoms with Gasteiger partial charge in [0.25, 0.3) is 5.91 Å². The lowest BCUT2D eigenvalue weighted by atomic mass is 10.2. The zero-order valence-corrected chi connectivity index (χ0v) is 18.3. The first-order chi connectivity index (χ1) is 15.4. The summed E-state index contributed by atoms with van der Waals surface area (Å²) < 4.78 is 15.6. The molecule has 0 aliphatic rings. The van der Waals surface area contributed by atoms with Crippen molar-refractivity contribution in [3.63, 3.8) is 0 Å². The standard InChI is InChI=1S/C21H23ClN4O6/c1-30-10-9-23-20(28)21(29)26-24-12-14-7-8-17(18(11-14)31-2)32-13-19(27)25-16-6-4-3-5-15(16)22/h3-8,11-12H,9-10,13H2,1-2H3,(H,23,28)(H,25,27)(H,26,29)/b24-12-. The number of ether oxygens (including phenoxy) is 3. The van der Waals surface area contributed by atoms with E-state index in [9.17, 15) is 14.4 Å². The number of carbonyl (C=O) groups excluding carboxylic acids is 3. The predicted octanol–water partition coefficient (Wildman–Crippen LogP) is 1.58. The monoisotopic (exact) mass is 462 g/mol. The molecule has 0 bridgehead atoms. The van der Waals surface area contributed by atoms with Gasteiger partial charge < -0.3 is 24.8 Å². The summed E-state index contributed by atoms with van der Waals surface area (Å²) >= 11 is 6.02. The van der Waals surface area contributed by atoms with Crippen LogP contribution in [0.15, 0.2) is 47.6 Å². The van der Waals surface area contributed by atoms with Crippen LogP contribution in [0, 0.1) is 0 Å². The molecule has 0 fully saturated rings. The molecule has 0 heterocycles. The molecule has 0 aromatic heterocycles. The molecule has 0 radical (unpaired) electrons. The highest BCUT2D eigenvalue weighted by Crippen LogP contribution is 2.27. The maximum Gasteiger partial charge on any atom is 0.329 e. The summed E-state index contributed by atoms with van der Waals surface area (Å²) in [5, 5.41) is 9.18. The van der Waals surface area contributed by atoms with Crippen LogP contribution < -0.4 is 25.5 Å². The molecule has 10 nitrogen and oxygen atoms in total. The zero-order chi connectivity index (χ0) is 23.3. The van der Waals surface area contributed by atoms with E-state index in [1.807, 2.05) is 0 Å². The molecule has 0 saturated heterocycles. The quantitative estimate of drug-likeness (QED) is 0.213. The van der Waals surface area contributed by atoms with Crippen LogP contribution in [0.1, 0.15) is 5.56 Å². The van der Waals surface area contributed by atoms with Crippen molar-refractivity contribution in [2.45, 2.75) is 0 Å². The summed E-state index contributed by atoms with van der Waals surface area (Å²) in [6, 6.07) is 11.7. The number of hydrogen-bond acceptors (Lipinski definition) is 7. The smallest absolute Gasteiger partial charge is 0.329 e. The fourth-order valence-corrected chi connectivity index (χ4v) is 2.52. The summed E-state index contributed by atoms with van der Waals surface area (Å²) in [6.07, 6.45) is 1.33. The van der Waals surface area contributed by atoms with Crippen LogP contribution in [0.4, 0.5) is 5.69 Å². The predicted molar refractivity (Wildman–Crippen MR) is 119 cm³/mol. The minimum atomic E-state index is -0.909. The van der Waals surface area contributed by atoms with E-state index in [0.29, 0.717) is 27.8 Å². The molecule has 3 N–H and O–H groups in total. The van der Waals surface area contributed by atoms with Crippen LogP contribution in [0.2, 0.25) is 5.02 Å². The summed E-state index contributed by atoms with van der Waals surface area (Å²) in [5.74, 6) is -1.44. The van der Waals surface area contributed by atoms with Gasteiger partial charge >= 0.3 is 11.8 Å². The van der Waals surface area contributed by atoms with Crippen molar-refractivity contribution in [2.24, 2.45) is 5.10 Å². The van der Waals surface area contributed by atoms with Crippen LogP contribution in [0.25, 0.3) is 0 Å². The van der Waals surface area contributed by atoms with Gasteiger partial charge in [0.15, 0.2) is 18.1 Å². The number of hydrogen-bond donors (Lipinski definition) is 3. The summed E-state index contributed by atoms with van der Waals surface area (Å²) in [5.41, 5.74) is 3.17. The van der Waals surface area contributed by atoms with Gasteiger partial charge in [0.1, 0.15) is 0 Å². The van der Waals surface area contributed by atoms with E-state index in [2.05, 4.69) is 21.2 Å². The Bertz CT molecular complexity index is 983. The third kappa shape index (κ3) is 7.89. The number of nitrogens with zero attached hydrogens (tertiary/aromatic N) is 1. The van der Waals surface area contributed by atoms with Crippen molar-refractivity contribution < 1.29 is 28.6 Å². The molecular formula is C21H23ClN4O6. The maximum atomic E-state index is 12.1. The number of methoxy groups -OCH3 is 2. The van der Waals surface area contributed by atoms with E-state index in [0.717, 1.165) is 0 Å². The first-order valence-electron chi connectivity index (χ1n) is 9.40. The highest BCUT2D eigenvalue weighted by atomic mass is 35.5. The molecule has 170 valence electrons. The van der Waals surface area contributed by atoms with E-state index >= 15 is 0 Å². The minimum absolute atomic E-state index is 0.210. The number of halogens is 1. The fraction of sp³-hybridized carbons (Fsp3) is 0.238. The number of rotatable bonds is 10. The molecule has 0 aliphatic heterocycles. The van der Waals surface area contributed by atoms with Crippen LogP contribution in [-0.2, 0) is 19.1 Å². The summed E-state index contributed by atoms with van der Waals surface area (Å²) in [4.78, 5) is 35.3. The Kier molecular flexibility index (Phi) is 9.95. The second-order valence-electron chi connectivity index (χ2n) is 6.17. The van der Waals surface area contributed by atoms with Crippen molar-refractivity contribution >= 4 is 41.2 Å². The van der Waals surface area contributed by atoms with Crippen LogP contribution >= 0.6 is 11.6 Å². The van der Waals surface area contributed by atoms with Crippen molar-refractivity contribution in [2.75, 3.05) is 39.3 Å². The number of carbonyl (C=O) groups is 3. The second kappa shape index (κ2) is 12.9. The molecule has 3 amide bonds. The number of nitrogens with one attached hydrogen (secondary N) is 3. The fourth-order valence-electron chi connectivity index (χ4n) is 2.34. The van der Waals surface area contributed by atoms with Crippen molar-refractivity contribution in [3.8, 4) is 11.5 Å². The van der Waals surface area contributed by atoms with Crippen molar-refractivity contribution in [1.29, 1.82) is 0 Å². The molecule has 0 atom stereocenters. The lowest BCUT2D eigenvalue weighted by molar-refractivity contribution is -0.139. The molecule has 2 rings (SSSR count). The number of anilines is 1. The highest BCUT2D eigenvalue weighted by Gasteiger charge is 2.12. The lowest BCUT2D eigenvalue weighted by Gasteiger charge is -2.12. The molecule has 32 heavy (non-hydrogen) atoms. The first-order valence-corrected chi connectivity index (χ1v) is 9.77. The van der Waals surface area contributed by atoms with Crippen LogP contribution in [0.3, 0.4) is 0 Å². The molecule has 2 aromatic rings. The third-order valence-corrected chi connectivity index (χ3v) is 4.20. The minimum Gasteiger partial charge on any atom is -0.493 e. The van der Waals surface area contributed by atoms with Gasteiger partial charge in [-0.2, -0.15) is 5.10 Å². The van der Waals surface area contributed by atoms with Gasteiger partial charge in [0, 0.05) is 13.7 Å². The van der Waals surface area contributed by atoms with Gasteiger partial charge in [-0.05, 0) is 35.9 Å². The highest BCUT2D eigenvalue weighted by molar-refractivity contribution is 6.35. The first kappa shape index (κ1) is 24.6. The molecular weight excluding hydrogens is 440 g/mol. The Morgan fingerprint density at radius 3 is 2.56 bits per heavy atom. The molecule has 0 spiro atoms. The Balaban J connectivity index is 1.89. The maximum absolute atomic E-state index is 12.1. The average molecular weight is 463 g/mol. The van der Waals surface area contributed by atoms with Crippen molar-refractivity contribution in [1.82, 2.24) is 10.7 Å². The molecule has 0 saturated carbocycles. The van der Waals surface area contributed by atoms with E-state index in [1.165, 1.54) is 20.4 Å². The Morgan fingerprint density at radius 1 is 1.06 bits per heavy atom. The number of para-hydroxylation sites is 1. The Morgan fingerprint density at radius 2 is 1.84 bits per heavy atom. The largest absolute Gasteiger partial charge is 0.493 e. The van der Waals surface area contributed by atoms with Gasteiger partial charge in [0.2, 0.25) is 0 Å². The normalized spacial score (nSPS) is 10.5. The van der Waals surface area contributed by atoms with Crippen LogP contribution in [-0.4, -0.2) is 57.9 Å². The molecule has 0 unspecified atom stereocenters. The lowest BCUT2D eigenvalue weighted by Crippen LogP contribution is -2.39. The van der Waals surface area contributed by atoms with Crippen molar-refractivity contribution in [3.05, 3.63) is 53.1 Å². The van der Waals surface area contributed by atoms with Gasteiger partial charge in [-0.25, -0.2) is 5.43 Å². The van der Waals surface area contributed by atoms with Gasteiger partial charge in [-0.1, -0.05) is 23.7 Å². The van der Waals surface area contributed by atoms with E-state index in [1.54, 1.807) is 42.5 Å². The number of hydrazone groups is 1. The van der Waals surface area contributed by atoms with Gasteiger partial charge in [-0.15, -0.1) is 0 Å². The Labute approximate surface area is 189 Å². The average Bonchev–Trinajstić information content (AvgIpc) is 2.79. The van der Waals surface area contributed by atoms with E-state index in [-0.39, 0.29) is 19.8 Å².